The molecular weight excluding hydrogens is 194 g/mol. The topological polar surface area (TPSA) is 42.7 Å². The maximum Gasteiger partial charge on any atom is 0.322 e. The predicted octanol–water partition coefficient (Wildman–Crippen LogP) is 1.66. The Morgan fingerprint density at radius 1 is 1.67 bits per heavy atom. The van der Waals surface area contributed by atoms with Gasteiger partial charge in [0.05, 0.1) is 19.9 Å². The van der Waals surface area contributed by atoms with Gasteiger partial charge in [-0.25, -0.2) is 0 Å². The van der Waals surface area contributed by atoms with Gasteiger partial charge in [0.1, 0.15) is 11.8 Å². The molecule has 0 saturated heterocycles. The molecule has 4 nitrogen and oxygen atoms in total. The standard InChI is InChI=1S/C11H17NO3/c1-4-12(9(2)11(13)14-3)8-10-6-5-7-15-10/h5-7,9H,4,8H2,1-3H3. The summed E-state index contributed by atoms with van der Waals surface area (Å²) in [5, 5.41) is 0. The summed E-state index contributed by atoms with van der Waals surface area (Å²) in [6.07, 6.45) is 1.63. The second-order valence-electron chi connectivity index (χ2n) is 3.34. The highest BCUT2D eigenvalue weighted by Crippen LogP contribution is 2.09. The van der Waals surface area contributed by atoms with Crippen LogP contribution in [0.25, 0.3) is 0 Å². The second kappa shape index (κ2) is 5.56. The fourth-order valence-corrected chi connectivity index (χ4v) is 1.44. The maximum absolute atomic E-state index is 11.3. The zero-order chi connectivity index (χ0) is 11.3. The first-order chi connectivity index (χ1) is 7.19. The monoisotopic (exact) mass is 211 g/mol. The van der Waals surface area contributed by atoms with Crippen LogP contribution in [0.15, 0.2) is 22.8 Å². The highest BCUT2D eigenvalue weighted by atomic mass is 16.5. The molecule has 0 N–H and O–H groups in total. The van der Waals surface area contributed by atoms with Gasteiger partial charge < -0.3 is 9.15 Å². The van der Waals surface area contributed by atoms with Crippen molar-refractivity contribution in [2.24, 2.45) is 0 Å². The van der Waals surface area contributed by atoms with Gasteiger partial charge in [-0.3, -0.25) is 9.69 Å². The van der Waals surface area contributed by atoms with E-state index in [1.807, 2.05) is 30.9 Å². The van der Waals surface area contributed by atoms with Gasteiger partial charge >= 0.3 is 5.97 Å². The maximum atomic E-state index is 11.3. The van der Waals surface area contributed by atoms with E-state index in [0.717, 1.165) is 12.3 Å². The second-order valence-corrected chi connectivity index (χ2v) is 3.34. The van der Waals surface area contributed by atoms with Crippen LogP contribution in [0.1, 0.15) is 19.6 Å². The van der Waals surface area contributed by atoms with Crippen molar-refractivity contribution in [2.75, 3.05) is 13.7 Å². The van der Waals surface area contributed by atoms with E-state index in [0.29, 0.717) is 6.54 Å². The van der Waals surface area contributed by atoms with Crippen LogP contribution >= 0.6 is 0 Å². The molecule has 1 atom stereocenters. The first-order valence-corrected chi connectivity index (χ1v) is 5.03. The summed E-state index contributed by atoms with van der Waals surface area (Å²) in [7, 11) is 1.40. The molecule has 0 spiro atoms. The molecule has 1 aromatic rings. The molecule has 0 aliphatic carbocycles. The number of hydrogen-bond donors (Lipinski definition) is 0. The van der Waals surface area contributed by atoms with Crippen molar-refractivity contribution in [3.8, 4) is 0 Å². The quantitative estimate of drug-likeness (QED) is 0.695. The molecule has 84 valence electrons. The molecule has 0 aliphatic rings. The lowest BCUT2D eigenvalue weighted by molar-refractivity contribution is -0.146. The van der Waals surface area contributed by atoms with Crippen LogP contribution in [0.3, 0.4) is 0 Å². The SMILES string of the molecule is CCN(Cc1ccco1)C(C)C(=O)OC. The van der Waals surface area contributed by atoms with Crippen LogP contribution < -0.4 is 0 Å². The summed E-state index contributed by atoms with van der Waals surface area (Å²) >= 11 is 0. The molecular formula is C11H17NO3. The van der Waals surface area contributed by atoms with Crippen molar-refractivity contribution in [1.29, 1.82) is 0 Å². The van der Waals surface area contributed by atoms with Crippen molar-refractivity contribution in [2.45, 2.75) is 26.4 Å². The fourth-order valence-electron chi connectivity index (χ4n) is 1.44. The van der Waals surface area contributed by atoms with E-state index in [-0.39, 0.29) is 12.0 Å². The van der Waals surface area contributed by atoms with Gasteiger partial charge in [0.2, 0.25) is 0 Å². The molecule has 0 aromatic carbocycles. The van der Waals surface area contributed by atoms with E-state index in [2.05, 4.69) is 0 Å². The van der Waals surface area contributed by atoms with Crippen LogP contribution in [0, 0.1) is 0 Å². The van der Waals surface area contributed by atoms with Gasteiger partial charge in [0.15, 0.2) is 0 Å². The van der Waals surface area contributed by atoms with Crippen molar-refractivity contribution in [1.82, 2.24) is 4.90 Å². The minimum absolute atomic E-state index is 0.219. The molecule has 1 unspecified atom stereocenters. The molecule has 4 heteroatoms. The summed E-state index contributed by atoms with van der Waals surface area (Å²) < 4.78 is 9.94. The van der Waals surface area contributed by atoms with Crippen LogP contribution in [0.4, 0.5) is 0 Å². The Balaban J connectivity index is 2.59. The summed E-state index contributed by atoms with van der Waals surface area (Å²) in [6, 6.07) is 3.49. The number of esters is 1. The molecule has 0 fully saturated rings. The average molecular weight is 211 g/mol. The zero-order valence-corrected chi connectivity index (χ0v) is 9.40. The highest BCUT2D eigenvalue weighted by Gasteiger charge is 2.21. The molecule has 0 radical (unpaired) electrons. The largest absolute Gasteiger partial charge is 0.468 e. The van der Waals surface area contributed by atoms with Crippen molar-refractivity contribution in [3.63, 3.8) is 0 Å². The molecule has 0 saturated carbocycles. The number of carbonyl (C=O) groups excluding carboxylic acids is 1. The van der Waals surface area contributed by atoms with Crippen molar-refractivity contribution in [3.05, 3.63) is 24.2 Å². The number of ether oxygens (including phenoxy) is 1. The normalized spacial score (nSPS) is 12.8. The van der Waals surface area contributed by atoms with Crippen LogP contribution in [-0.2, 0) is 16.1 Å². The van der Waals surface area contributed by atoms with E-state index < -0.39 is 0 Å². The molecule has 0 bridgehead atoms. The Morgan fingerprint density at radius 3 is 2.87 bits per heavy atom. The van der Waals surface area contributed by atoms with Crippen LogP contribution in [0.5, 0.6) is 0 Å². The number of likely N-dealkylation sites (N-methyl/N-ethyl adjacent to an activating group) is 1. The van der Waals surface area contributed by atoms with E-state index >= 15 is 0 Å². The predicted molar refractivity (Wildman–Crippen MR) is 56.3 cm³/mol. The third-order valence-electron chi connectivity index (χ3n) is 2.44. The minimum Gasteiger partial charge on any atom is -0.468 e. The summed E-state index contributed by atoms with van der Waals surface area (Å²) in [5.74, 6) is 0.635. The van der Waals surface area contributed by atoms with Crippen LogP contribution in [-0.4, -0.2) is 30.6 Å². The zero-order valence-electron chi connectivity index (χ0n) is 9.40. The van der Waals surface area contributed by atoms with Crippen molar-refractivity contribution < 1.29 is 13.9 Å². The Labute approximate surface area is 89.8 Å². The van der Waals surface area contributed by atoms with Gasteiger partial charge in [-0.05, 0) is 25.6 Å². The Hall–Kier alpha value is -1.29. The minimum atomic E-state index is -0.245. The molecule has 15 heavy (non-hydrogen) atoms. The highest BCUT2D eigenvalue weighted by molar-refractivity contribution is 5.75. The van der Waals surface area contributed by atoms with E-state index in [9.17, 15) is 4.79 Å². The van der Waals surface area contributed by atoms with Crippen LogP contribution in [0.2, 0.25) is 0 Å². The number of furan rings is 1. The van der Waals surface area contributed by atoms with E-state index in [4.69, 9.17) is 9.15 Å². The number of nitrogens with zero attached hydrogens (tertiary/aromatic N) is 1. The van der Waals surface area contributed by atoms with Gasteiger partial charge in [-0.1, -0.05) is 6.92 Å². The molecule has 1 rings (SSSR count). The molecule has 0 aliphatic heterocycles. The van der Waals surface area contributed by atoms with E-state index in [1.165, 1.54) is 7.11 Å². The molecule has 1 heterocycles. The summed E-state index contributed by atoms with van der Waals surface area (Å²) in [6.45, 7) is 5.23. The third kappa shape index (κ3) is 3.09. The van der Waals surface area contributed by atoms with Gasteiger partial charge in [-0.15, -0.1) is 0 Å². The number of carbonyl (C=O) groups is 1. The first-order valence-electron chi connectivity index (χ1n) is 5.03. The number of rotatable bonds is 5. The van der Waals surface area contributed by atoms with Gasteiger partial charge in [0, 0.05) is 0 Å². The first kappa shape index (κ1) is 11.8. The number of hydrogen-bond acceptors (Lipinski definition) is 4. The van der Waals surface area contributed by atoms with Gasteiger partial charge in [0.25, 0.3) is 0 Å². The molecule has 0 amide bonds. The Kier molecular flexibility index (Phi) is 4.37. The average Bonchev–Trinajstić information content (AvgIpc) is 2.76. The Morgan fingerprint density at radius 2 is 2.40 bits per heavy atom. The smallest absolute Gasteiger partial charge is 0.322 e. The fraction of sp³-hybridized carbons (Fsp3) is 0.545. The summed E-state index contributed by atoms with van der Waals surface area (Å²) in [4.78, 5) is 13.3. The lowest BCUT2D eigenvalue weighted by atomic mass is 10.2. The third-order valence-corrected chi connectivity index (χ3v) is 2.44. The lowest BCUT2D eigenvalue weighted by Crippen LogP contribution is -2.38. The lowest BCUT2D eigenvalue weighted by Gasteiger charge is -2.24. The number of methoxy groups -OCH3 is 1. The Bertz CT molecular complexity index is 295. The van der Waals surface area contributed by atoms with E-state index in [1.54, 1.807) is 6.26 Å². The van der Waals surface area contributed by atoms with Crippen molar-refractivity contribution >= 4 is 5.97 Å². The summed E-state index contributed by atoms with van der Waals surface area (Å²) in [5.41, 5.74) is 0. The van der Waals surface area contributed by atoms with Gasteiger partial charge in [-0.2, -0.15) is 0 Å². The molecule has 1 aromatic heterocycles.